The predicted octanol–water partition coefficient (Wildman–Crippen LogP) is 3.09. The summed E-state index contributed by atoms with van der Waals surface area (Å²) in [7, 11) is 0. The number of aromatic nitrogens is 3. The molecule has 1 heterocycles. The van der Waals surface area contributed by atoms with Gasteiger partial charge in [-0.25, -0.2) is 9.67 Å². The van der Waals surface area contributed by atoms with Gasteiger partial charge in [-0.2, -0.15) is 5.10 Å². The molecule has 1 aromatic rings. The lowest BCUT2D eigenvalue weighted by atomic mass is 9.86. The van der Waals surface area contributed by atoms with Crippen LogP contribution in [0.15, 0.2) is 30.9 Å². The van der Waals surface area contributed by atoms with E-state index < -0.39 is 5.41 Å². The van der Waals surface area contributed by atoms with Crippen molar-refractivity contribution >= 4 is 11.5 Å². The first-order valence-corrected chi connectivity index (χ1v) is 6.75. The summed E-state index contributed by atoms with van der Waals surface area (Å²) in [6.07, 6.45) is 12.7. The lowest BCUT2D eigenvalue weighted by molar-refractivity contribution is -0.120. The van der Waals surface area contributed by atoms with E-state index in [4.69, 9.17) is 0 Å². The fourth-order valence-electron chi connectivity index (χ4n) is 2.16. The van der Waals surface area contributed by atoms with Gasteiger partial charge in [0.25, 0.3) is 0 Å². The molecule has 1 atom stereocenters. The Labute approximate surface area is 114 Å². The van der Waals surface area contributed by atoms with Crippen LogP contribution in [0.1, 0.15) is 40.0 Å². The number of rotatable bonds is 3. The monoisotopic (exact) mass is 259 g/mol. The van der Waals surface area contributed by atoms with E-state index in [1.807, 2.05) is 20.8 Å². The molecule has 1 aliphatic rings. The average molecular weight is 259 g/mol. The largest absolute Gasteiger partial charge is 0.292 e. The summed E-state index contributed by atoms with van der Waals surface area (Å²) in [5, 5.41) is 4.12. The number of carbonyl (C=O) groups is 1. The number of hydrogen-bond donors (Lipinski definition) is 0. The number of nitrogens with zero attached hydrogens (tertiary/aromatic N) is 3. The van der Waals surface area contributed by atoms with E-state index in [2.05, 4.69) is 28.3 Å². The molecular weight excluding hydrogens is 238 g/mol. The van der Waals surface area contributed by atoms with Crippen molar-refractivity contribution in [3.05, 3.63) is 30.9 Å². The fourth-order valence-corrected chi connectivity index (χ4v) is 2.16. The van der Waals surface area contributed by atoms with Crippen LogP contribution in [-0.2, 0) is 4.79 Å². The molecule has 0 aliphatic heterocycles. The van der Waals surface area contributed by atoms with Crippen LogP contribution in [-0.4, -0.2) is 20.5 Å². The van der Waals surface area contributed by atoms with Crippen molar-refractivity contribution < 1.29 is 4.79 Å². The van der Waals surface area contributed by atoms with Crippen molar-refractivity contribution in [1.82, 2.24) is 14.8 Å². The number of ketones is 1. The van der Waals surface area contributed by atoms with Gasteiger partial charge < -0.3 is 0 Å². The van der Waals surface area contributed by atoms with Gasteiger partial charge in [0.1, 0.15) is 18.4 Å². The Balaban J connectivity index is 2.32. The molecule has 0 N–H and O–H groups in total. The molecule has 4 nitrogen and oxygen atoms in total. The fraction of sp³-hybridized carbons (Fsp3) is 0.533. The summed E-state index contributed by atoms with van der Waals surface area (Å²) in [5.74, 6) is 0.517. The predicted molar refractivity (Wildman–Crippen MR) is 75.2 cm³/mol. The quantitative estimate of drug-likeness (QED) is 0.619. The first kappa shape index (κ1) is 13.7. The molecule has 102 valence electrons. The average Bonchev–Trinajstić information content (AvgIpc) is 2.89. The van der Waals surface area contributed by atoms with Gasteiger partial charge in [0, 0.05) is 5.41 Å². The van der Waals surface area contributed by atoms with E-state index in [9.17, 15) is 4.79 Å². The van der Waals surface area contributed by atoms with E-state index >= 15 is 0 Å². The number of Topliss-reactive ketones (excluding diaryl/α,β-unsaturated/α-hetero) is 1. The normalized spacial score (nSPS) is 20.6. The molecule has 19 heavy (non-hydrogen) atoms. The second-order valence-corrected chi connectivity index (χ2v) is 6.02. The van der Waals surface area contributed by atoms with Crippen LogP contribution in [0.2, 0.25) is 0 Å². The van der Waals surface area contributed by atoms with E-state index in [-0.39, 0.29) is 5.78 Å². The summed E-state index contributed by atoms with van der Waals surface area (Å²) in [6.45, 7) is 5.79. The molecule has 1 unspecified atom stereocenters. The van der Waals surface area contributed by atoms with E-state index in [1.165, 1.54) is 6.33 Å². The van der Waals surface area contributed by atoms with Crippen molar-refractivity contribution in [3.8, 4) is 0 Å². The van der Waals surface area contributed by atoms with Gasteiger partial charge in [-0.1, -0.05) is 39.0 Å². The SMILES string of the molecule is CC(C)(C)C(=O)/C(=C/C1CC=CCC1)n1cncn1. The second kappa shape index (κ2) is 5.51. The van der Waals surface area contributed by atoms with Crippen LogP contribution >= 0.6 is 0 Å². The molecule has 1 aliphatic carbocycles. The van der Waals surface area contributed by atoms with E-state index in [1.54, 1.807) is 11.0 Å². The molecule has 0 bridgehead atoms. The first-order chi connectivity index (χ1) is 8.98. The molecule has 4 heteroatoms. The summed E-state index contributed by atoms with van der Waals surface area (Å²) in [5.41, 5.74) is 0.229. The summed E-state index contributed by atoms with van der Waals surface area (Å²) >= 11 is 0. The van der Waals surface area contributed by atoms with Crippen LogP contribution in [0.25, 0.3) is 5.70 Å². The zero-order valence-electron chi connectivity index (χ0n) is 11.8. The number of allylic oxidation sites excluding steroid dienone is 4. The van der Waals surface area contributed by atoms with Crippen molar-refractivity contribution in [1.29, 1.82) is 0 Å². The smallest absolute Gasteiger partial charge is 0.186 e. The highest BCUT2D eigenvalue weighted by atomic mass is 16.1. The van der Waals surface area contributed by atoms with Crippen LogP contribution in [0, 0.1) is 11.3 Å². The Kier molecular flexibility index (Phi) is 3.98. The van der Waals surface area contributed by atoms with Gasteiger partial charge in [-0.15, -0.1) is 0 Å². The van der Waals surface area contributed by atoms with Gasteiger partial charge in [-0.3, -0.25) is 4.79 Å². The first-order valence-electron chi connectivity index (χ1n) is 6.75. The molecule has 0 amide bonds. The number of hydrogen-bond acceptors (Lipinski definition) is 3. The van der Waals surface area contributed by atoms with Gasteiger partial charge in [0.05, 0.1) is 0 Å². The molecule has 0 saturated carbocycles. The van der Waals surface area contributed by atoms with Crippen molar-refractivity contribution in [2.45, 2.75) is 40.0 Å². The van der Waals surface area contributed by atoms with E-state index in [0.29, 0.717) is 11.6 Å². The minimum absolute atomic E-state index is 0.104. The standard InChI is InChI=1S/C15H21N3O/c1-15(2,3)14(19)13(18-11-16-10-17-18)9-12-7-5-4-6-8-12/h4-5,9-12H,6-8H2,1-3H3/b13-9-. The topological polar surface area (TPSA) is 47.8 Å². The highest BCUT2D eigenvalue weighted by Gasteiger charge is 2.27. The lowest BCUT2D eigenvalue weighted by Crippen LogP contribution is -2.25. The maximum absolute atomic E-state index is 12.6. The van der Waals surface area contributed by atoms with Gasteiger partial charge in [-0.05, 0) is 25.2 Å². The maximum Gasteiger partial charge on any atom is 0.186 e. The lowest BCUT2D eigenvalue weighted by Gasteiger charge is -2.21. The molecule has 0 radical (unpaired) electrons. The van der Waals surface area contributed by atoms with Crippen LogP contribution in [0.3, 0.4) is 0 Å². The van der Waals surface area contributed by atoms with Gasteiger partial charge >= 0.3 is 0 Å². The molecule has 1 aromatic heterocycles. The second-order valence-electron chi connectivity index (χ2n) is 6.02. The summed E-state index contributed by atoms with van der Waals surface area (Å²) < 4.78 is 1.59. The van der Waals surface area contributed by atoms with Crippen LogP contribution < -0.4 is 0 Å². The van der Waals surface area contributed by atoms with Crippen molar-refractivity contribution in [2.75, 3.05) is 0 Å². The highest BCUT2D eigenvalue weighted by molar-refractivity contribution is 6.17. The number of carbonyl (C=O) groups excluding carboxylic acids is 1. The molecule has 0 saturated heterocycles. The molecule has 0 spiro atoms. The van der Waals surface area contributed by atoms with E-state index in [0.717, 1.165) is 19.3 Å². The zero-order valence-corrected chi connectivity index (χ0v) is 11.8. The van der Waals surface area contributed by atoms with Gasteiger partial charge in [0.2, 0.25) is 0 Å². The minimum Gasteiger partial charge on any atom is -0.292 e. The Morgan fingerprint density at radius 3 is 2.68 bits per heavy atom. The van der Waals surface area contributed by atoms with Crippen molar-refractivity contribution in [3.63, 3.8) is 0 Å². The Hall–Kier alpha value is -1.71. The Bertz CT molecular complexity index is 492. The summed E-state index contributed by atoms with van der Waals surface area (Å²) in [6, 6.07) is 0. The molecule has 0 fully saturated rings. The molecule has 0 aromatic carbocycles. The Morgan fingerprint density at radius 2 is 2.16 bits per heavy atom. The third-order valence-corrected chi connectivity index (χ3v) is 3.28. The minimum atomic E-state index is -0.414. The van der Waals surface area contributed by atoms with Crippen molar-refractivity contribution in [2.24, 2.45) is 11.3 Å². The summed E-state index contributed by atoms with van der Waals surface area (Å²) in [4.78, 5) is 16.5. The highest BCUT2D eigenvalue weighted by Crippen LogP contribution is 2.27. The van der Waals surface area contributed by atoms with Crippen LogP contribution in [0.5, 0.6) is 0 Å². The maximum atomic E-state index is 12.6. The molecular formula is C15H21N3O. The molecule has 2 rings (SSSR count). The third kappa shape index (κ3) is 3.40. The van der Waals surface area contributed by atoms with Gasteiger partial charge in [0.15, 0.2) is 5.78 Å². The zero-order chi connectivity index (χ0) is 13.9. The third-order valence-electron chi connectivity index (χ3n) is 3.28. The van der Waals surface area contributed by atoms with Crippen LogP contribution in [0.4, 0.5) is 0 Å². The Morgan fingerprint density at radius 1 is 1.37 bits per heavy atom.